The molecule has 146 valence electrons. The Morgan fingerprint density at radius 2 is 1.88 bits per heavy atom. The molecule has 1 aromatic rings. The fourth-order valence-corrected chi connectivity index (χ4v) is 3.01. The molecule has 3 amide bonds. The number of hydrogen-bond donors (Lipinski definition) is 4. The van der Waals surface area contributed by atoms with Crippen LogP contribution >= 0.6 is 12.4 Å². The van der Waals surface area contributed by atoms with Crippen molar-refractivity contribution in [1.82, 2.24) is 16.0 Å². The Balaban J connectivity index is 0.00000338. The van der Waals surface area contributed by atoms with Crippen molar-refractivity contribution in [1.29, 1.82) is 0 Å². The Kier molecular flexibility index (Phi) is 9.40. The van der Waals surface area contributed by atoms with Gasteiger partial charge in [-0.25, -0.2) is 4.79 Å². The first kappa shape index (κ1) is 22.2. The van der Waals surface area contributed by atoms with Gasteiger partial charge in [-0.15, -0.1) is 12.4 Å². The first-order valence-corrected chi connectivity index (χ1v) is 8.65. The van der Waals surface area contributed by atoms with Crippen molar-refractivity contribution in [2.24, 2.45) is 5.41 Å². The Labute approximate surface area is 161 Å². The summed E-state index contributed by atoms with van der Waals surface area (Å²) >= 11 is 0. The second-order valence-electron chi connectivity index (χ2n) is 6.59. The number of anilines is 1. The van der Waals surface area contributed by atoms with Crippen LogP contribution in [-0.2, 0) is 9.53 Å². The number of carbonyl (C=O) groups is 2. The highest BCUT2D eigenvalue weighted by atomic mass is 35.5. The van der Waals surface area contributed by atoms with Crippen LogP contribution in [0.2, 0.25) is 0 Å². The number of rotatable bonds is 7. The summed E-state index contributed by atoms with van der Waals surface area (Å²) in [6.45, 7) is 4.68. The average molecular weight is 385 g/mol. The molecule has 26 heavy (non-hydrogen) atoms. The Morgan fingerprint density at radius 1 is 1.23 bits per heavy atom. The van der Waals surface area contributed by atoms with E-state index in [0.29, 0.717) is 18.8 Å². The molecule has 1 aliphatic rings. The molecule has 7 nitrogen and oxygen atoms in total. The summed E-state index contributed by atoms with van der Waals surface area (Å²) in [5.41, 5.74) is 0.642. The number of carbonyl (C=O) groups excluding carboxylic acids is 2. The van der Waals surface area contributed by atoms with Crippen LogP contribution in [0.1, 0.15) is 19.8 Å². The summed E-state index contributed by atoms with van der Waals surface area (Å²) in [7, 11) is 1.68. The van der Waals surface area contributed by atoms with Crippen molar-refractivity contribution >= 4 is 30.0 Å². The number of amides is 3. The topological polar surface area (TPSA) is 91.5 Å². The third-order valence-electron chi connectivity index (χ3n) is 4.52. The highest BCUT2D eigenvalue weighted by Crippen LogP contribution is 2.28. The molecule has 2 rings (SSSR count). The lowest BCUT2D eigenvalue weighted by atomic mass is 9.79. The zero-order chi connectivity index (χ0) is 18.1. The van der Waals surface area contributed by atoms with E-state index in [-0.39, 0.29) is 23.7 Å². The Hall–Kier alpha value is -1.83. The van der Waals surface area contributed by atoms with Gasteiger partial charge in [0.05, 0.1) is 6.61 Å². The van der Waals surface area contributed by atoms with E-state index in [1.165, 1.54) is 0 Å². The SMILES string of the molecule is COCC1(CNC(=O)C(C)NC(=O)Nc2ccccc2)CCNCC1.Cl. The fourth-order valence-electron chi connectivity index (χ4n) is 3.01. The summed E-state index contributed by atoms with van der Waals surface area (Å²) < 4.78 is 5.35. The molecular weight excluding hydrogens is 356 g/mol. The van der Waals surface area contributed by atoms with Gasteiger partial charge in [0.15, 0.2) is 0 Å². The summed E-state index contributed by atoms with van der Waals surface area (Å²) in [6, 6.07) is 8.09. The molecular formula is C18H29ClN4O3. The van der Waals surface area contributed by atoms with Gasteiger partial charge < -0.3 is 26.0 Å². The van der Waals surface area contributed by atoms with E-state index >= 15 is 0 Å². The molecule has 8 heteroatoms. The molecule has 0 spiro atoms. The molecule has 4 N–H and O–H groups in total. The second kappa shape index (κ2) is 11.0. The molecule has 0 aliphatic carbocycles. The normalized spacial score (nSPS) is 16.7. The van der Waals surface area contributed by atoms with Gasteiger partial charge in [0.1, 0.15) is 6.04 Å². The van der Waals surface area contributed by atoms with Crippen LogP contribution in [-0.4, -0.2) is 51.3 Å². The molecule has 1 aromatic carbocycles. The van der Waals surface area contributed by atoms with Crippen LogP contribution in [0.3, 0.4) is 0 Å². The van der Waals surface area contributed by atoms with Crippen molar-refractivity contribution in [2.75, 3.05) is 38.7 Å². The Morgan fingerprint density at radius 3 is 2.50 bits per heavy atom. The minimum Gasteiger partial charge on any atom is -0.384 e. The van der Waals surface area contributed by atoms with Crippen LogP contribution < -0.4 is 21.3 Å². The number of ether oxygens (including phenoxy) is 1. The van der Waals surface area contributed by atoms with E-state index in [1.807, 2.05) is 18.2 Å². The highest BCUT2D eigenvalue weighted by Gasteiger charge is 2.33. The molecule has 1 aliphatic heterocycles. The van der Waals surface area contributed by atoms with Crippen molar-refractivity contribution < 1.29 is 14.3 Å². The van der Waals surface area contributed by atoms with Crippen molar-refractivity contribution in [3.05, 3.63) is 30.3 Å². The maximum absolute atomic E-state index is 12.3. The minimum atomic E-state index is -0.620. The Bertz CT molecular complexity index is 559. The van der Waals surface area contributed by atoms with Crippen LogP contribution in [0.15, 0.2) is 30.3 Å². The number of hydrogen-bond acceptors (Lipinski definition) is 4. The monoisotopic (exact) mass is 384 g/mol. The minimum absolute atomic E-state index is 0. The predicted octanol–water partition coefficient (Wildman–Crippen LogP) is 1.75. The van der Waals surface area contributed by atoms with E-state index in [2.05, 4.69) is 21.3 Å². The first-order valence-electron chi connectivity index (χ1n) is 8.65. The van der Waals surface area contributed by atoms with Gasteiger partial charge in [0, 0.05) is 24.8 Å². The van der Waals surface area contributed by atoms with E-state index in [0.717, 1.165) is 25.9 Å². The standard InChI is InChI=1S/C18H28N4O3.ClH/c1-14(21-17(24)22-15-6-4-3-5-7-15)16(23)20-12-18(13-25-2)8-10-19-11-9-18;/h3-7,14,19H,8-13H2,1-2H3,(H,20,23)(H2,21,22,24);1H. The molecule has 0 aromatic heterocycles. The van der Waals surface area contributed by atoms with Crippen LogP contribution in [0.5, 0.6) is 0 Å². The molecule has 1 atom stereocenters. The molecule has 1 unspecified atom stereocenters. The smallest absolute Gasteiger partial charge is 0.319 e. The van der Waals surface area contributed by atoms with Crippen LogP contribution in [0, 0.1) is 5.41 Å². The zero-order valence-corrected chi connectivity index (χ0v) is 16.2. The predicted molar refractivity (Wildman–Crippen MR) is 105 cm³/mol. The van der Waals surface area contributed by atoms with Gasteiger partial charge in [-0.2, -0.15) is 0 Å². The van der Waals surface area contributed by atoms with Gasteiger partial charge >= 0.3 is 6.03 Å². The number of piperidine rings is 1. The third kappa shape index (κ3) is 6.82. The number of methoxy groups -OCH3 is 1. The largest absolute Gasteiger partial charge is 0.384 e. The number of urea groups is 1. The molecule has 0 radical (unpaired) electrons. The second-order valence-corrected chi connectivity index (χ2v) is 6.59. The maximum atomic E-state index is 12.3. The molecule has 1 heterocycles. The summed E-state index contributed by atoms with van der Waals surface area (Å²) in [5, 5.41) is 11.6. The fraction of sp³-hybridized carbons (Fsp3) is 0.556. The van der Waals surface area contributed by atoms with Gasteiger partial charge in [-0.1, -0.05) is 18.2 Å². The summed E-state index contributed by atoms with van der Waals surface area (Å²) in [6.07, 6.45) is 1.91. The van der Waals surface area contributed by atoms with E-state index in [9.17, 15) is 9.59 Å². The lowest BCUT2D eigenvalue weighted by Crippen LogP contribution is -2.51. The molecule has 0 bridgehead atoms. The highest BCUT2D eigenvalue weighted by molar-refractivity contribution is 5.93. The van der Waals surface area contributed by atoms with Gasteiger partial charge in [0.25, 0.3) is 0 Å². The van der Waals surface area contributed by atoms with Crippen molar-refractivity contribution in [2.45, 2.75) is 25.8 Å². The lowest BCUT2D eigenvalue weighted by molar-refractivity contribution is -0.123. The van der Waals surface area contributed by atoms with Gasteiger partial charge in [0.2, 0.25) is 5.91 Å². The van der Waals surface area contributed by atoms with Gasteiger partial charge in [-0.05, 0) is 45.0 Å². The summed E-state index contributed by atoms with van der Waals surface area (Å²) in [4.78, 5) is 24.3. The van der Waals surface area contributed by atoms with Crippen molar-refractivity contribution in [3.8, 4) is 0 Å². The van der Waals surface area contributed by atoms with Gasteiger partial charge in [-0.3, -0.25) is 4.79 Å². The van der Waals surface area contributed by atoms with E-state index in [4.69, 9.17) is 4.74 Å². The van der Waals surface area contributed by atoms with Crippen LogP contribution in [0.4, 0.5) is 10.5 Å². The van der Waals surface area contributed by atoms with E-state index in [1.54, 1.807) is 26.2 Å². The van der Waals surface area contributed by atoms with E-state index < -0.39 is 12.1 Å². The molecule has 1 saturated heterocycles. The average Bonchev–Trinajstić information content (AvgIpc) is 2.61. The zero-order valence-electron chi connectivity index (χ0n) is 15.3. The number of nitrogens with one attached hydrogen (secondary N) is 4. The number of para-hydroxylation sites is 1. The quantitative estimate of drug-likeness (QED) is 0.576. The third-order valence-corrected chi connectivity index (χ3v) is 4.52. The lowest BCUT2D eigenvalue weighted by Gasteiger charge is -2.37. The summed E-state index contributed by atoms with van der Waals surface area (Å²) in [5.74, 6) is -0.197. The number of benzene rings is 1. The molecule has 1 fully saturated rings. The van der Waals surface area contributed by atoms with Crippen molar-refractivity contribution in [3.63, 3.8) is 0 Å². The molecule has 0 saturated carbocycles. The first-order chi connectivity index (χ1) is 12.0. The maximum Gasteiger partial charge on any atom is 0.319 e. The van der Waals surface area contributed by atoms with Crippen LogP contribution in [0.25, 0.3) is 0 Å². The number of halogens is 1.